The summed E-state index contributed by atoms with van der Waals surface area (Å²) in [5, 5.41) is 12.9. The number of thiazole rings is 1. The summed E-state index contributed by atoms with van der Waals surface area (Å²) >= 11 is 7.38. The molecule has 1 heterocycles. The van der Waals surface area contributed by atoms with Gasteiger partial charge in [-0.05, 0) is 43.2 Å². The van der Waals surface area contributed by atoms with Crippen molar-refractivity contribution in [2.24, 2.45) is 0 Å². The molecule has 0 aliphatic heterocycles. The van der Waals surface area contributed by atoms with Crippen LogP contribution in [0.2, 0.25) is 5.02 Å². The van der Waals surface area contributed by atoms with Crippen LogP contribution in [0.15, 0.2) is 47.8 Å². The third-order valence-corrected chi connectivity index (χ3v) is 4.82. The Labute approximate surface area is 150 Å². The highest BCUT2D eigenvalue weighted by molar-refractivity contribution is 7.11. The molecule has 0 saturated heterocycles. The number of rotatable bonds is 3. The van der Waals surface area contributed by atoms with Gasteiger partial charge in [0.05, 0.1) is 11.3 Å². The van der Waals surface area contributed by atoms with E-state index >= 15 is 0 Å². The molecular formula is C20H15ClN2S. The summed E-state index contributed by atoms with van der Waals surface area (Å²) in [5.74, 6) is 0. The first-order chi connectivity index (χ1) is 11.6. The van der Waals surface area contributed by atoms with Crippen LogP contribution in [0.3, 0.4) is 0 Å². The Morgan fingerprint density at radius 1 is 1.17 bits per heavy atom. The van der Waals surface area contributed by atoms with E-state index in [9.17, 15) is 5.26 Å². The molecule has 0 unspecified atom stereocenters. The molecule has 4 heteroatoms. The first kappa shape index (κ1) is 16.4. The van der Waals surface area contributed by atoms with Gasteiger partial charge in [-0.25, -0.2) is 4.98 Å². The van der Waals surface area contributed by atoms with Crippen LogP contribution in [0, 0.1) is 25.2 Å². The third kappa shape index (κ3) is 3.56. The lowest BCUT2D eigenvalue weighted by Gasteiger charge is -2.03. The van der Waals surface area contributed by atoms with E-state index in [-0.39, 0.29) is 0 Å². The zero-order valence-electron chi connectivity index (χ0n) is 13.4. The number of halogens is 1. The maximum absolute atomic E-state index is 9.49. The van der Waals surface area contributed by atoms with Crippen LogP contribution in [0.1, 0.15) is 21.7 Å². The van der Waals surface area contributed by atoms with E-state index in [0.29, 0.717) is 10.6 Å². The molecule has 2 nitrogen and oxygen atoms in total. The number of allylic oxidation sites excluding steroid dienone is 1. The topological polar surface area (TPSA) is 36.7 Å². The molecular weight excluding hydrogens is 336 g/mol. The Bertz CT molecular complexity index is 947. The Hall–Kier alpha value is -2.41. The average molecular weight is 351 g/mol. The Kier molecular flexibility index (Phi) is 4.80. The molecule has 1 aromatic heterocycles. The Balaban J connectivity index is 1.96. The Morgan fingerprint density at radius 3 is 2.58 bits per heavy atom. The predicted molar refractivity (Wildman–Crippen MR) is 102 cm³/mol. The predicted octanol–water partition coefficient (Wildman–Crippen LogP) is 6.14. The van der Waals surface area contributed by atoms with E-state index in [4.69, 9.17) is 11.6 Å². The van der Waals surface area contributed by atoms with Crippen LogP contribution in [0.4, 0.5) is 0 Å². The number of nitriles is 1. The highest BCUT2D eigenvalue weighted by atomic mass is 35.5. The fourth-order valence-corrected chi connectivity index (χ4v) is 3.40. The number of aryl methyl sites for hydroxylation is 2. The largest absolute Gasteiger partial charge is 0.235 e. The summed E-state index contributed by atoms with van der Waals surface area (Å²) in [4.78, 5) is 4.66. The first-order valence-corrected chi connectivity index (χ1v) is 8.73. The van der Waals surface area contributed by atoms with E-state index in [1.165, 1.54) is 22.5 Å². The SMILES string of the molecule is Cc1ccc(-c2csc(/C(C#N)=C/c3ccc(Cl)cc3)n2)c(C)c1. The van der Waals surface area contributed by atoms with E-state index in [0.717, 1.165) is 21.8 Å². The zero-order valence-corrected chi connectivity index (χ0v) is 14.9. The summed E-state index contributed by atoms with van der Waals surface area (Å²) < 4.78 is 0. The third-order valence-electron chi connectivity index (χ3n) is 3.69. The molecule has 118 valence electrons. The standard InChI is InChI=1S/C20H15ClN2S/c1-13-3-8-18(14(2)9-13)19-12-24-20(23-19)16(11-22)10-15-4-6-17(21)7-5-15/h3-10,12H,1-2H3/b16-10+. The van der Waals surface area contributed by atoms with Gasteiger partial charge < -0.3 is 0 Å². The summed E-state index contributed by atoms with van der Waals surface area (Å²) in [5.41, 5.74) is 5.91. The monoisotopic (exact) mass is 350 g/mol. The van der Waals surface area contributed by atoms with E-state index in [1.807, 2.05) is 35.7 Å². The van der Waals surface area contributed by atoms with Gasteiger partial charge in [-0.3, -0.25) is 0 Å². The fourth-order valence-electron chi connectivity index (χ4n) is 2.49. The molecule has 2 aromatic carbocycles. The zero-order chi connectivity index (χ0) is 17.1. The van der Waals surface area contributed by atoms with Crippen LogP contribution in [0.25, 0.3) is 22.9 Å². The maximum Gasteiger partial charge on any atom is 0.134 e. The first-order valence-electron chi connectivity index (χ1n) is 7.48. The van der Waals surface area contributed by atoms with E-state index in [1.54, 1.807) is 0 Å². The van der Waals surface area contributed by atoms with Crippen molar-refractivity contribution in [3.8, 4) is 17.3 Å². The molecule has 0 N–H and O–H groups in total. The van der Waals surface area contributed by atoms with Crippen LogP contribution in [-0.2, 0) is 0 Å². The quantitative estimate of drug-likeness (QED) is 0.531. The summed E-state index contributed by atoms with van der Waals surface area (Å²) in [6, 6.07) is 15.9. The second-order valence-corrected chi connectivity index (χ2v) is 6.87. The van der Waals surface area contributed by atoms with Crippen LogP contribution < -0.4 is 0 Å². The molecule has 0 fully saturated rings. The number of hydrogen-bond acceptors (Lipinski definition) is 3. The van der Waals surface area contributed by atoms with Crippen molar-refractivity contribution in [3.05, 3.63) is 74.6 Å². The fraction of sp³-hybridized carbons (Fsp3) is 0.100. The van der Waals surface area contributed by atoms with Gasteiger partial charge in [-0.2, -0.15) is 5.26 Å². The number of nitrogens with zero attached hydrogens (tertiary/aromatic N) is 2. The van der Waals surface area contributed by atoms with Gasteiger partial charge in [0.25, 0.3) is 0 Å². The normalized spacial score (nSPS) is 11.3. The van der Waals surface area contributed by atoms with Gasteiger partial charge in [-0.15, -0.1) is 11.3 Å². The number of hydrogen-bond donors (Lipinski definition) is 0. The van der Waals surface area contributed by atoms with Crippen molar-refractivity contribution in [2.75, 3.05) is 0 Å². The average Bonchev–Trinajstić information content (AvgIpc) is 3.04. The lowest BCUT2D eigenvalue weighted by atomic mass is 10.0. The molecule has 0 spiro atoms. The molecule has 3 aromatic rings. The molecule has 24 heavy (non-hydrogen) atoms. The molecule has 0 bridgehead atoms. The highest BCUT2D eigenvalue weighted by Crippen LogP contribution is 2.29. The maximum atomic E-state index is 9.49. The van der Waals surface area contributed by atoms with Crippen molar-refractivity contribution in [1.29, 1.82) is 5.26 Å². The number of aromatic nitrogens is 1. The van der Waals surface area contributed by atoms with Gasteiger partial charge in [0, 0.05) is 16.0 Å². The minimum absolute atomic E-state index is 0.554. The summed E-state index contributed by atoms with van der Waals surface area (Å²) in [6.45, 7) is 4.15. The molecule has 0 atom stereocenters. The molecule has 0 amide bonds. The molecule has 3 rings (SSSR count). The molecule has 0 aliphatic rings. The minimum Gasteiger partial charge on any atom is -0.235 e. The lowest BCUT2D eigenvalue weighted by Crippen LogP contribution is -1.86. The molecule has 0 aliphatic carbocycles. The van der Waals surface area contributed by atoms with Crippen molar-refractivity contribution < 1.29 is 0 Å². The van der Waals surface area contributed by atoms with Crippen LogP contribution >= 0.6 is 22.9 Å². The minimum atomic E-state index is 0.554. The molecule has 0 radical (unpaired) electrons. The molecule has 0 saturated carbocycles. The van der Waals surface area contributed by atoms with Gasteiger partial charge in [0.1, 0.15) is 11.1 Å². The van der Waals surface area contributed by atoms with Gasteiger partial charge in [0.15, 0.2) is 0 Å². The van der Waals surface area contributed by atoms with Gasteiger partial charge in [0.2, 0.25) is 0 Å². The van der Waals surface area contributed by atoms with E-state index < -0.39 is 0 Å². The second-order valence-electron chi connectivity index (χ2n) is 5.58. The smallest absolute Gasteiger partial charge is 0.134 e. The van der Waals surface area contributed by atoms with Crippen LogP contribution in [-0.4, -0.2) is 4.98 Å². The van der Waals surface area contributed by atoms with Crippen molar-refractivity contribution in [3.63, 3.8) is 0 Å². The lowest BCUT2D eigenvalue weighted by molar-refractivity contribution is 1.32. The van der Waals surface area contributed by atoms with Crippen molar-refractivity contribution in [1.82, 2.24) is 4.98 Å². The highest BCUT2D eigenvalue weighted by Gasteiger charge is 2.10. The van der Waals surface area contributed by atoms with Crippen molar-refractivity contribution in [2.45, 2.75) is 13.8 Å². The van der Waals surface area contributed by atoms with Crippen LogP contribution in [0.5, 0.6) is 0 Å². The summed E-state index contributed by atoms with van der Waals surface area (Å²) in [7, 11) is 0. The summed E-state index contributed by atoms with van der Waals surface area (Å²) in [6.07, 6.45) is 1.83. The van der Waals surface area contributed by atoms with Gasteiger partial charge >= 0.3 is 0 Å². The van der Waals surface area contributed by atoms with Crippen molar-refractivity contribution >= 4 is 34.6 Å². The van der Waals surface area contributed by atoms with Gasteiger partial charge in [-0.1, -0.05) is 47.5 Å². The second kappa shape index (κ2) is 7.00. The Morgan fingerprint density at radius 2 is 1.92 bits per heavy atom. The number of benzene rings is 2. The van der Waals surface area contributed by atoms with E-state index in [2.05, 4.69) is 43.1 Å².